The lowest BCUT2D eigenvalue weighted by molar-refractivity contribution is 0.556. The summed E-state index contributed by atoms with van der Waals surface area (Å²) in [6.45, 7) is 3.68. The minimum absolute atomic E-state index is 0.0576. The molecule has 1 aromatic heterocycles. The number of rotatable bonds is 6. The van der Waals surface area contributed by atoms with Crippen LogP contribution in [-0.2, 0) is 10.0 Å². The number of imidazole rings is 1. The molecule has 0 radical (unpaired) electrons. The number of sulfonamides is 1. The van der Waals surface area contributed by atoms with Crippen LogP contribution in [0.1, 0.15) is 37.2 Å². The molecule has 0 amide bonds. The highest BCUT2D eigenvalue weighted by molar-refractivity contribution is 7.89. The van der Waals surface area contributed by atoms with E-state index in [2.05, 4.69) is 14.7 Å². The van der Waals surface area contributed by atoms with Gasteiger partial charge in [0.15, 0.2) is 0 Å². The lowest BCUT2D eigenvalue weighted by atomic mass is 10.0. The van der Waals surface area contributed by atoms with Crippen LogP contribution in [0.3, 0.4) is 0 Å². The van der Waals surface area contributed by atoms with E-state index in [0.717, 1.165) is 5.56 Å². The number of aromatic amines is 1. The summed E-state index contributed by atoms with van der Waals surface area (Å²) < 4.78 is 27.0. The fourth-order valence-corrected chi connectivity index (χ4v) is 3.69. The van der Waals surface area contributed by atoms with Gasteiger partial charge in [-0.2, -0.15) is 0 Å². The predicted molar refractivity (Wildman–Crippen MR) is 78.8 cm³/mol. The summed E-state index contributed by atoms with van der Waals surface area (Å²) in [4.78, 5) is 6.96. The first-order valence-corrected chi connectivity index (χ1v) is 8.17. The topological polar surface area (TPSA) is 74.8 Å². The number of nitrogens with zero attached hydrogens (tertiary/aromatic N) is 1. The van der Waals surface area contributed by atoms with E-state index in [0.29, 0.717) is 5.82 Å². The van der Waals surface area contributed by atoms with E-state index in [1.807, 2.05) is 37.3 Å². The Labute approximate surface area is 119 Å². The first kappa shape index (κ1) is 14.7. The molecule has 0 spiro atoms. The van der Waals surface area contributed by atoms with Crippen molar-refractivity contribution in [1.82, 2.24) is 14.7 Å². The highest BCUT2D eigenvalue weighted by Crippen LogP contribution is 2.17. The smallest absolute Gasteiger partial charge is 0.212 e. The zero-order valence-electron chi connectivity index (χ0n) is 11.6. The Hall–Kier alpha value is -1.66. The van der Waals surface area contributed by atoms with E-state index < -0.39 is 10.0 Å². The number of hydrogen-bond acceptors (Lipinski definition) is 3. The van der Waals surface area contributed by atoms with E-state index in [9.17, 15) is 8.42 Å². The standard InChI is InChI=1S/C14H19N3O2S/c1-11(13-6-4-3-5-7-13)10-20(18,19)17-12(2)14-15-8-9-16-14/h3-9,11-12,17H,10H2,1-2H3,(H,15,16). The molecule has 0 aliphatic heterocycles. The fourth-order valence-electron chi connectivity index (χ4n) is 2.09. The molecule has 108 valence electrons. The van der Waals surface area contributed by atoms with Gasteiger partial charge in [-0.15, -0.1) is 0 Å². The number of H-pyrrole nitrogens is 1. The molecule has 0 bridgehead atoms. The number of hydrogen-bond donors (Lipinski definition) is 2. The quantitative estimate of drug-likeness (QED) is 0.857. The SMILES string of the molecule is CC(CS(=O)(=O)NC(C)c1ncc[nH]1)c1ccccc1. The van der Waals surface area contributed by atoms with Crippen molar-refractivity contribution in [3.63, 3.8) is 0 Å². The first-order valence-electron chi connectivity index (χ1n) is 6.52. The zero-order chi connectivity index (χ0) is 14.6. The molecule has 0 aliphatic rings. The van der Waals surface area contributed by atoms with Crippen molar-refractivity contribution in [2.24, 2.45) is 0 Å². The van der Waals surface area contributed by atoms with Crippen LogP contribution in [0.25, 0.3) is 0 Å². The van der Waals surface area contributed by atoms with Crippen LogP contribution in [0.15, 0.2) is 42.7 Å². The molecular formula is C14H19N3O2S. The van der Waals surface area contributed by atoms with Gasteiger partial charge < -0.3 is 4.98 Å². The van der Waals surface area contributed by atoms with Crippen molar-refractivity contribution < 1.29 is 8.42 Å². The molecule has 6 heteroatoms. The van der Waals surface area contributed by atoms with Gasteiger partial charge in [0.2, 0.25) is 10.0 Å². The molecule has 2 aromatic rings. The van der Waals surface area contributed by atoms with Crippen molar-refractivity contribution in [3.8, 4) is 0 Å². The van der Waals surface area contributed by atoms with Gasteiger partial charge in [-0.3, -0.25) is 0 Å². The van der Waals surface area contributed by atoms with Crippen LogP contribution < -0.4 is 4.72 Å². The van der Waals surface area contributed by atoms with E-state index in [1.165, 1.54) is 0 Å². The van der Waals surface area contributed by atoms with Crippen molar-refractivity contribution >= 4 is 10.0 Å². The van der Waals surface area contributed by atoms with Crippen LogP contribution in [0, 0.1) is 0 Å². The molecule has 1 heterocycles. The maximum Gasteiger partial charge on any atom is 0.212 e. The molecule has 1 aromatic carbocycles. The van der Waals surface area contributed by atoms with Crippen molar-refractivity contribution in [2.45, 2.75) is 25.8 Å². The van der Waals surface area contributed by atoms with Crippen LogP contribution in [0.2, 0.25) is 0 Å². The summed E-state index contributed by atoms with van der Waals surface area (Å²) in [5.74, 6) is 0.612. The average molecular weight is 293 g/mol. The Morgan fingerprint density at radius 3 is 2.55 bits per heavy atom. The van der Waals surface area contributed by atoms with Crippen LogP contribution in [0.4, 0.5) is 0 Å². The second-order valence-corrected chi connectivity index (χ2v) is 6.71. The third-order valence-electron chi connectivity index (χ3n) is 3.12. The van der Waals surface area contributed by atoms with E-state index >= 15 is 0 Å². The molecule has 0 saturated heterocycles. The summed E-state index contributed by atoms with van der Waals surface area (Å²) in [7, 11) is -3.36. The molecule has 0 saturated carbocycles. The van der Waals surface area contributed by atoms with Crippen molar-refractivity contribution in [3.05, 3.63) is 54.1 Å². The van der Waals surface area contributed by atoms with E-state index in [1.54, 1.807) is 19.3 Å². The summed E-state index contributed by atoms with van der Waals surface area (Å²) in [6.07, 6.45) is 3.28. The molecule has 0 aliphatic carbocycles. The van der Waals surface area contributed by atoms with Crippen molar-refractivity contribution in [1.29, 1.82) is 0 Å². The maximum absolute atomic E-state index is 12.2. The maximum atomic E-state index is 12.2. The molecular weight excluding hydrogens is 274 g/mol. The Morgan fingerprint density at radius 2 is 1.95 bits per heavy atom. The highest BCUT2D eigenvalue weighted by atomic mass is 32.2. The summed E-state index contributed by atoms with van der Waals surface area (Å²) in [5, 5.41) is 0. The van der Waals surface area contributed by atoms with Gasteiger partial charge in [0.05, 0.1) is 11.8 Å². The molecule has 0 fully saturated rings. The predicted octanol–water partition coefficient (Wildman–Crippen LogP) is 2.19. The zero-order valence-corrected chi connectivity index (χ0v) is 12.4. The Kier molecular flexibility index (Phi) is 4.57. The van der Waals surface area contributed by atoms with Gasteiger partial charge in [-0.05, 0) is 18.4 Å². The van der Waals surface area contributed by atoms with E-state index in [-0.39, 0.29) is 17.7 Å². The summed E-state index contributed by atoms with van der Waals surface area (Å²) in [6, 6.07) is 9.26. The Bertz CT molecular complexity index is 624. The van der Waals surface area contributed by atoms with E-state index in [4.69, 9.17) is 0 Å². The van der Waals surface area contributed by atoms with Crippen LogP contribution in [0.5, 0.6) is 0 Å². The third-order valence-corrected chi connectivity index (χ3v) is 4.78. The normalized spacial score (nSPS) is 14.9. The summed E-state index contributed by atoms with van der Waals surface area (Å²) >= 11 is 0. The molecule has 2 unspecified atom stereocenters. The molecule has 2 rings (SSSR count). The first-order chi connectivity index (χ1) is 9.48. The second-order valence-electron chi connectivity index (χ2n) is 4.91. The minimum atomic E-state index is -3.36. The molecule has 20 heavy (non-hydrogen) atoms. The number of aromatic nitrogens is 2. The van der Waals surface area contributed by atoms with Gasteiger partial charge in [-0.25, -0.2) is 18.1 Å². The lowest BCUT2D eigenvalue weighted by Crippen LogP contribution is -2.31. The number of nitrogens with one attached hydrogen (secondary N) is 2. The van der Waals surface area contributed by atoms with Gasteiger partial charge >= 0.3 is 0 Å². The van der Waals surface area contributed by atoms with Gasteiger partial charge in [0.1, 0.15) is 5.82 Å². The average Bonchev–Trinajstić information content (AvgIpc) is 2.92. The molecule has 5 nitrogen and oxygen atoms in total. The highest BCUT2D eigenvalue weighted by Gasteiger charge is 2.20. The molecule has 2 atom stereocenters. The monoisotopic (exact) mass is 293 g/mol. The minimum Gasteiger partial charge on any atom is -0.347 e. The van der Waals surface area contributed by atoms with Gasteiger partial charge in [0.25, 0.3) is 0 Å². The third kappa shape index (κ3) is 3.91. The van der Waals surface area contributed by atoms with Gasteiger partial charge in [-0.1, -0.05) is 37.3 Å². The molecule has 2 N–H and O–H groups in total. The van der Waals surface area contributed by atoms with Crippen LogP contribution in [-0.4, -0.2) is 24.1 Å². The largest absolute Gasteiger partial charge is 0.347 e. The lowest BCUT2D eigenvalue weighted by Gasteiger charge is -2.16. The Balaban J connectivity index is 2.01. The number of benzene rings is 1. The van der Waals surface area contributed by atoms with Gasteiger partial charge in [0, 0.05) is 12.4 Å². The Morgan fingerprint density at radius 1 is 1.25 bits per heavy atom. The fraction of sp³-hybridized carbons (Fsp3) is 0.357. The second kappa shape index (κ2) is 6.19. The van der Waals surface area contributed by atoms with Crippen LogP contribution >= 0.6 is 0 Å². The summed E-state index contributed by atoms with van der Waals surface area (Å²) in [5.41, 5.74) is 1.02. The van der Waals surface area contributed by atoms with Crippen molar-refractivity contribution in [2.75, 3.05) is 5.75 Å².